The van der Waals surface area contributed by atoms with Crippen LogP contribution in [0, 0.1) is 0 Å². The van der Waals surface area contributed by atoms with E-state index in [1.807, 2.05) is 11.8 Å². The van der Waals surface area contributed by atoms with Gasteiger partial charge in [-0.2, -0.15) is 0 Å². The lowest BCUT2D eigenvalue weighted by atomic mass is 10.00. The number of likely N-dealkylation sites (tertiary alicyclic amines) is 1. The number of hydrogen-bond donors (Lipinski definition) is 0. The van der Waals surface area contributed by atoms with Crippen molar-refractivity contribution in [2.24, 2.45) is 0 Å². The van der Waals surface area contributed by atoms with Crippen LogP contribution >= 0.6 is 0 Å². The maximum atomic E-state index is 12.5. The van der Waals surface area contributed by atoms with Crippen molar-refractivity contribution in [3.63, 3.8) is 0 Å². The van der Waals surface area contributed by atoms with Gasteiger partial charge in [-0.3, -0.25) is 9.10 Å². The number of amides is 1. The second-order valence-corrected chi connectivity index (χ2v) is 9.54. The van der Waals surface area contributed by atoms with Crippen LogP contribution in [0.5, 0.6) is 0 Å². The van der Waals surface area contributed by atoms with E-state index < -0.39 is 16.0 Å². The van der Waals surface area contributed by atoms with E-state index in [-0.39, 0.29) is 24.6 Å². The predicted octanol–water partition coefficient (Wildman–Crippen LogP) is 2.35. The van der Waals surface area contributed by atoms with Crippen LogP contribution in [0.25, 0.3) is 0 Å². The van der Waals surface area contributed by atoms with Crippen molar-refractivity contribution >= 4 is 27.6 Å². The molecule has 7 nitrogen and oxygen atoms in total. The standard InChI is InChI=1S/C20H28N2O5S/c1-4-17-7-5-6-10-21(17)19(23)13-27-20(24)15-8-9-18-16(12-15)11-14(2)22(18)28(3,25)26/h8-9,12,14,17H,4-7,10-11,13H2,1-3H3/t14-,17+/m1/s1. The number of rotatable bonds is 5. The number of anilines is 1. The number of carbonyl (C=O) groups is 2. The molecule has 1 fully saturated rings. The number of carbonyl (C=O) groups excluding carboxylic acids is 2. The third-order valence-electron chi connectivity index (χ3n) is 5.57. The number of esters is 1. The fraction of sp³-hybridized carbons (Fsp3) is 0.600. The maximum absolute atomic E-state index is 12.5. The summed E-state index contributed by atoms with van der Waals surface area (Å²) in [5.41, 5.74) is 1.72. The van der Waals surface area contributed by atoms with Crippen molar-refractivity contribution in [2.45, 2.75) is 58.0 Å². The monoisotopic (exact) mass is 408 g/mol. The summed E-state index contributed by atoms with van der Waals surface area (Å²) in [5.74, 6) is -0.718. The molecule has 2 atom stereocenters. The third kappa shape index (κ3) is 4.16. The number of nitrogens with zero attached hydrogens (tertiary/aromatic N) is 2. The van der Waals surface area contributed by atoms with E-state index in [4.69, 9.17) is 4.74 Å². The Hall–Kier alpha value is -2.09. The molecule has 1 amide bonds. The van der Waals surface area contributed by atoms with Crippen LogP contribution in [0.4, 0.5) is 5.69 Å². The summed E-state index contributed by atoms with van der Waals surface area (Å²) in [5, 5.41) is 0. The smallest absolute Gasteiger partial charge is 0.338 e. The molecule has 0 radical (unpaired) electrons. The molecule has 1 saturated heterocycles. The fourth-order valence-corrected chi connectivity index (χ4v) is 5.55. The van der Waals surface area contributed by atoms with E-state index in [2.05, 4.69) is 6.92 Å². The van der Waals surface area contributed by atoms with Gasteiger partial charge in [-0.1, -0.05) is 6.92 Å². The van der Waals surface area contributed by atoms with Gasteiger partial charge in [-0.15, -0.1) is 0 Å². The zero-order valence-electron chi connectivity index (χ0n) is 16.7. The minimum Gasteiger partial charge on any atom is -0.452 e. The van der Waals surface area contributed by atoms with Crippen molar-refractivity contribution in [3.05, 3.63) is 29.3 Å². The molecule has 2 heterocycles. The summed E-state index contributed by atoms with van der Waals surface area (Å²) in [6.07, 6.45) is 5.72. The first-order valence-electron chi connectivity index (χ1n) is 9.81. The number of sulfonamides is 1. The van der Waals surface area contributed by atoms with Crippen LogP contribution in [0.15, 0.2) is 18.2 Å². The number of piperidine rings is 1. The summed E-state index contributed by atoms with van der Waals surface area (Å²) in [4.78, 5) is 26.7. The molecule has 28 heavy (non-hydrogen) atoms. The molecule has 0 spiro atoms. The van der Waals surface area contributed by atoms with E-state index >= 15 is 0 Å². The van der Waals surface area contributed by atoms with Crippen LogP contribution in [0.2, 0.25) is 0 Å². The van der Waals surface area contributed by atoms with Gasteiger partial charge >= 0.3 is 5.97 Å². The highest BCUT2D eigenvalue weighted by molar-refractivity contribution is 7.92. The number of fused-ring (bicyclic) bond motifs is 1. The molecule has 1 aromatic carbocycles. The summed E-state index contributed by atoms with van der Waals surface area (Å²) in [7, 11) is -3.37. The first-order valence-corrected chi connectivity index (χ1v) is 11.7. The molecule has 0 bridgehead atoms. The Balaban J connectivity index is 1.66. The van der Waals surface area contributed by atoms with Gasteiger partial charge in [-0.05, 0) is 62.8 Å². The molecule has 0 saturated carbocycles. The van der Waals surface area contributed by atoms with E-state index in [9.17, 15) is 18.0 Å². The highest BCUT2D eigenvalue weighted by Crippen LogP contribution is 2.34. The fourth-order valence-electron chi connectivity index (χ4n) is 4.28. The largest absolute Gasteiger partial charge is 0.452 e. The second kappa shape index (κ2) is 8.11. The highest BCUT2D eigenvalue weighted by Gasteiger charge is 2.33. The molecule has 2 aliphatic rings. The molecule has 154 valence electrons. The molecule has 0 unspecified atom stereocenters. The molecule has 0 N–H and O–H groups in total. The predicted molar refractivity (Wildman–Crippen MR) is 107 cm³/mol. The number of ether oxygens (including phenoxy) is 1. The van der Waals surface area contributed by atoms with Crippen LogP contribution in [0.1, 0.15) is 55.5 Å². The normalized spacial score (nSPS) is 22.1. The molecule has 1 aromatic rings. The summed E-state index contributed by atoms with van der Waals surface area (Å²) in [6, 6.07) is 4.89. The molecule has 0 aliphatic carbocycles. The van der Waals surface area contributed by atoms with Gasteiger partial charge in [-0.25, -0.2) is 13.2 Å². The topological polar surface area (TPSA) is 84.0 Å². The van der Waals surface area contributed by atoms with Crippen LogP contribution in [0.3, 0.4) is 0 Å². The zero-order chi connectivity index (χ0) is 20.5. The Morgan fingerprint density at radius 3 is 2.68 bits per heavy atom. The second-order valence-electron chi connectivity index (χ2n) is 7.68. The average Bonchev–Trinajstić information content (AvgIpc) is 3.00. The van der Waals surface area contributed by atoms with E-state index in [0.29, 0.717) is 24.2 Å². The molecular weight excluding hydrogens is 380 g/mol. The quantitative estimate of drug-likeness (QED) is 0.699. The average molecular weight is 409 g/mol. The van der Waals surface area contributed by atoms with E-state index in [0.717, 1.165) is 31.2 Å². The van der Waals surface area contributed by atoms with Gasteiger partial charge in [0, 0.05) is 18.6 Å². The first-order chi connectivity index (χ1) is 13.2. The summed E-state index contributed by atoms with van der Waals surface area (Å²) >= 11 is 0. The van der Waals surface area contributed by atoms with Crippen molar-refractivity contribution in [2.75, 3.05) is 23.7 Å². The Labute approximate surface area is 166 Å². The van der Waals surface area contributed by atoms with E-state index in [1.165, 1.54) is 10.6 Å². The summed E-state index contributed by atoms with van der Waals surface area (Å²) in [6.45, 7) is 4.35. The minimum absolute atomic E-state index is 0.155. The van der Waals surface area contributed by atoms with Crippen LogP contribution < -0.4 is 4.31 Å². The SMILES string of the molecule is CC[C@H]1CCCCN1C(=O)COC(=O)c1ccc2c(c1)C[C@@H](C)N2S(C)(=O)=O. The minimum atomic E-state index is -3.37. The van der Waals surface area contributed by atoms with Gasteiger partial charge < -0.3 is 9.64 Å². The van der Waals surface area contributed by atoms with Crippen molar-refractivity contribution in [1.82, 2.24) is 4.90 Å². The van der Waals surface area contributed by atoms with Crippen LogP contribution in [-0.2, 0) is 26.0 Å². The summed E-state index contributed by atoms with van der Waals surface area (Å²) < 4.78 is 30.6. The lowest BCUT2D eigenvalue weighted by Gasteiger charge is -2.35. The van der Waals surface area contributed by atoms with Gasteiger partial charge in [0.15, 0.2) is 6.61 Å². The van der Waals surface area contributed by atoms with Gasteiger partial charge in [0.25, 0.3) is 5.91 Å². The highest BCUT2D eigenvalue weighted by atomic mass is 32.2. The van der Waals surface area contributed by atoms with Gasteiger partial charge in [0.05, 0.1) is 17.5 Å². The molecule has 0 aromatic heterocycles. The van der Waals surface area contributed by atoms with E-state index in [1.54, 1.807) is 18.2 Å². The molecule has 2 aliphatic heterocycles. The lowest BCUT2D eigenvalue weighted by Crippen LogP contribution is -2.45. The van der Waals surface area contributed by atoms with Gasteiger partial charge in [0.1, 0.15) is 0 Å². The third-order valence-corrected chi connectivity index (χ3v) is 6.84. The lowest BCUT2D eigenvalue weighted by molar-refractivity contribution is -0.138. The van der Waals surface area contributed by atoms with Crippen molar-refractivity contribution < 1.29 is 22.7 Å². The Morgan fingerprint density at radius 2 is 2.00 bits per heavy atom. The Kier molecular flexibility index (Phi) is 5.98. The molecular formula is C20H28N2O5S. The van der Waals surface area contributed by atoms with Crippen LogP contribution in [-0.4, -0.2) is 56.7 Å². The number of benzene rings is 1. The molecule has 3 rings (SSSR count). The Bertz CT molecular complexity index is 867. The molecule has 8 heteroatoms. The van der Waals surface area contributed by atoms with Gasteiger partial charge in [0.2, 0.25) is 10.0 Å². The first kappa shape index (κ1) is 20.6. The maximum Gasteiger partial charge on any atom is 0.338 e. The Morgan fingerprint density at radius 1 is 1.25 bits per heavy atom. The van der Waals surface area contributed by atoms with Crippen molar-refractivity contribution in [1.29, 1.82) is 0 Å². The number of hydrogen-bond acceptors (Lipinski definition) is 5. The zero-order valence-corrected chi connectivity index (χ0v) is 17.5. The van der Waals surface area contributed by atoms with Crippen molar-refractivity contribution in [3.8, 4) is 0 Å².